The van der Waals surface area contributed by atoms with Gasteiger partial charge in [0.15, 0.2) is 0 Å². The standard InChI is InChI=1S/C14H19ClO/c1-13(2)7-8-14(16,10-13)9-11-5-3-4-6-12(11)15/h3-6,16H,7-10H2,1-2H3. The van der Waals surface area contributed by atoms with E-state index in [2.05, 4.69) is 13.8 Å². The predicted octanol–water partition coefficient (Wildman–Crippen LogP) is 3.82. The normalized spacial score (nSPS) is 28.2. The molecule has 0 spiro atoms. The van der Waals surface area contributed by atoms with Crippen molar-refractivity contribution in [3.8, 4) is 0 Å². The van der Waals surface area contributed by atoms with Crippen LogP contribution in [-0.4, -0.2) is 10.7 Å². The summed E-state index contributed by atoms with van der Waals surface area (Å²) in [7, 11) is 0. The smallest absolute Gasteiger partial charge is 0.0693 e. The summed E-state index contributed by atoms with van der Waals surface area (Å²) in [4.78, 5) is 0. The molecule has 1 aromatic carbocycles. The van der Waals surface area contributed by atoms with Gasteiger partial charge in [0.2, 0.25) is 0 Å². The summed E-state index contributed by atoms with van der Waals surface area (Å²) in [6, 6.07) is 7.80. The summed E-state index contributed by atoms with van der Waals surface area (Å²) in [5.41, 5.74) is 0.759. The van der Waals surface area contributed by atoms with Crippen LogP contribution < -0.4 is 0 Å². The van der Waals surface area contributed by atoms with Crippen LogP contribution in [0.3, 0.4) is 0 Å². The average Bonchev–Trinajstić information content (AvgIpc) is 2.45. The van der Waals surface area contributed by atoms with E-state index in [1.54, 1.807) is 0 Å². The Morgan fingerprint density at radius 2 is 1.94 bits per heavy atom. The van der Waals surface area contributed by atoms with E-state index in [-0.39, 0.29) is 5.41 Å². The molecular formula is C14H19ClO. The molecule has 1 nitrogen and oxygen atoms in total. The number of aliphatic hydroxyl groups is 1. The van der Waals surface area contributed by atoms with Gasteiger partial charge in [0.25, 0.3) is 0 Å². The largest absolute Gasteiger partial charge is 0.390 e. The zero-order valence-corrected chi connectivity index (χ0v) is 10.7. The first-order valence-corrected chi connectivity index (χ1v) is 6.24. The maximum Gasteiger partial charge on any atom is 0.0693 e. The van der Waals surface area contributed by atoms with Gasteiger partial charge in [-0.15, -0.1) is 0 Å². The minimum Gasteiger partial charge on any atom is -0.390 e. The van der Waals surface area contributed by atoms with Crippen molar-refractivity contribution in [1.29, 1.82) is 0 Å². The van der Waals surface area contributed by atoms with Crippen LogP contribution in [0.5, 0.6) is 0 Å². The maximum atomic E-state index is 10.5. The van der Waals surface area contributed by atoms with Gasteiger partial charge in [0.1, 0.15) is 0 Å². The second-order valence-electron chi connectivity index (χ2n) is 5.83. The third-order valence-electron chi connectivity index (χ3n) is 3.55. The zero-order chi connectivity index (χ0) is 11.8. The number of rotatable bonds is 2. The van der Waals surface area contributed by atoms with Crippen molar-refractivity contribution in [3.63, 3.8) is 0 Å². The maximum absolute atomic E-state index is 10.5. The molecule has 2 heteroatoms. The van der Waals surface area contributed by atoms with E-state index in [4.69, 9.17) is 11.6 Å². The van der Waals surface area contributed by atoms with Crippen LogP contribution in [0, 0.1) is 5.41 Å². The molecule has 1 N–H and O–H groups in total. The van der Waals surface area contributed by atoms with Crippen LogP contribution >= 0.6 is 11.6 Å². The average molecular weight is 239 g/mol. The van der Waals surface area contributed by atoms with E-state index < -0.39 is 5.60 Å². The molecule has 1 atom stereocenters. The van der Waals surface area contributed by atoms with Gasteiger partial charge in [-0.05, 0) is 36.3 Å². The van der Waals surface area contributed by atoms with Crippen molar-refractivity contribution in [2.75, 3.05) is 0 Å². The predicted molar refractivity (Wildman–Crippen MR) is 67.7 cm³/mol. The SMILES string of the molecule is CC1(C)CCC(O)(Cc2ccccc2Cl)C1. The van der Waals surface area contributed by atoms with Crippen LogP contribution in [-0.2, 0) is 6.42 Å². The Hall–Kier alpha value is -0.530. The highest BCUT2D eigenvalue weighted by Crippen LogP contribution is 2.45. The molecule has 16 heavy (non-hydrogen) atoms. The number of benzene rings is 1. The van der Waals surface area contributed by atoms with Gasteiger partial charge in [-0.3, -0.25) is 0 Å². The molecular weight excluding hydrogens is 220 g/mol. The van der Waals surface area contributed by atoms with Crippen LogP contribution in [0.4, 0.5) is 0 Å². The van der Waals surface area contributed by atoms with Crippen LogP contribution in [0.1, 0.15) is 38.7 Å². The van der Waals surface area contributed by atoms with E-state index in [1.807, 2.05) is 24.3 Å². The third kappa shape index (κ3) is 2.58. The van der Waals surface area contributed by atoms with Crippen LogP contribution in [0.15, 0.2) is 24.3 Å². The van der Waals surface area contributed by atoms with E-state index in [9.17, 15) is 5.11 Å². The first-order valence-electron chi connectivity index (χ1n) is 5.86. The van der Waals surface area contributed by atoms with Crippen LogP contribution in [0.2, 0.25) is 5.02 Å². The van der Waals surface area contributed by atoms with Gasteiger partial charge in [-0.25, -0.2) is 0 Å². The van der Waals surface area contributed by atoms with Gasteiger partial charge >= 0.3 is 0 Å². The molecule has 1 aliphatic rings. The molecule has 0 aliphatic heterocycles. The molecule has 0 saturated heterocycles. The van der Waals surface area contributed by atoms with Crippen LogP contribution in [0.25, 0.3) is 0 Å². The first kappa shape index (κ1) is 11.9. The molecule has 2 rings (SSSR count). The second kappa shape index (κ2) is 4.05. The molecule has 1 aliphatic carbocycles. The lowest BCUT2D eigenvalue weighted by atomic mass is 9.86. The molecule has 1 unspecified atom stereocenters. The lowest BCUT2D eigenvalue weighted by Gasteiger charge is -2.25. The summed E-state index contributed by atoms with van der Waals surface area (Å²) in [5, 5.41) is 11.3. The summed E-state index contributed by atoms with van der Waals surface area (Å²) in [6.45, 7) is 4.44. The van der Waals surface area contributed by atoms with E-state index in [1.165, 1.54) is 0 Å². The van der Waals surface area contributed by atoms with Crippen molar-refractivity contribution in [2.24, 2.45) is 5.41 Å². The number of hydrogen-bond acceptors (Lipinski definition) is 1. The van der Waals surface area contributed by atoms with Crippen molar-refractivity contribution in [1.82, 2.24) is 0 Å². The van der Waals surface area contributed by atoms with Crippen molar-refractivity contribution >= 4 is 11.6 Å². The summed E-state index contributed by atoms with van der Waals surface area (Å²) in [6.07, 6.45) is 3.51. The number of hydrogen-bond donors (Lipinski definition) is 1. The molecule has 0 heterocycles. The van der Waals surface area contributed by atoms with E-state index in [0.29, 0.717) is 6.42 Å². The fraction of sp³-hybridized carbons (Fsp3) is 0.571. The van der Waals surface area contributed by atoms with Gasteiger partial charge in [-0.2, -0.15) is 0 Å². The van der Waals surface area contributed by atoms with Gasteiger partial charge in [0, 0.05) is 11.4 Å². The van der Waals surface area contributed by atoms with E-state index in [0.717, 1.165) is 29.8 Å². The van der Waals surface area contributed by atoms with Crippen molar-refractivity contribution in [3.05, 3.63) is 34.9 Å². The molecule has 0 aromatic heterocycles. The molecule has 1 saturated carbocycles. The Balaban J connectivity index is 2.14. The highest BCUT2D eigenvalue weighted by molar-refractivity contribution is 6.31. The highest BCUT2D eigenvalue weighted by Gasteiger charge is 2.41. The summed E-state index contributed by atoms with van der Waals surface area (Å²) >= 11 is 6.12. The monoisotopic (exact) mass is 238 g/mol. The molecule has 0 bridgehead atoms. The first-order chi connectivity index (χ1) is 7.40. The fourth-order valence-electron chi connectivity index (χ4n) is 2.79. The Bertz CT molecular complexity index is 386. The fourth-order valence-corrected chi connectivity index (χ4v) is 2.99. The molecule has 1 aromatic rings. The zero-order valence-electron chi connectivity index (χ0n) is 9.96. The Kier molecular flexibility index (Phi) is 3.02. The minimum atomic E-state index is -0.561. The molecule has 1 fully saturated rings. The Morgan fingerprint density at radius 3 is 2.50 bits per heavy atom. The van der Waals surface area contributed by atoms with Crippen molar-refractivity contribution in [2.45, 2.75) is 45.1 Å². The molecule has 0 radical (unpaired) electrons. The summed E-state index contributed by atoms with van der Waals surface area (Å²) < 4.78 is 0. The van der Waals surface area contributed by atoms with Crippen molar-refractivity contribution < 1.29 is 5.11 Å². The second-order valence-corrected chi connectivity index (χ2v) is 6.24. The topological polar surface area (TPSA) is 20.2 Å². The third-order valence-corrected chi connectivity index (χ3v) is 3.92. The Morgan fingerprint density at radius 1 is 1.25 bits per heavy atom. The lowest BCUT2D eigenvalue weighted by molar-refractivity contribution is 0.0379. The van der Waals surface area contributed by atoms with Gasteiger partial charge in [0.05, 0.1) is 5.60 Å². The van der Waals surface area contributed by atoms with E-state index >= 15 is 0 Å². The van der Waals surface area contributed by atoms with Gasteiger partial charge in [-0.1, -0.05) is 43.6 Å². The lowest BCUT2D eigenvalue weighted by Crippen LogP contribution is -2.29. The Labute approximate surface area is 102 Å². The highest BCUT2D eigenvalue weighted by atomic mass is 35.5. The van der Waals surface area contributed by atoms with Gasteiger partial charge < -0.3 is 5.11 Å². The summed E-state index contributed by atoms with van der Waals surface area (Å²) in [5.74, 6) is 0. The number of halogens is 1. The molecule has 88 valence electrons. The minimum absolute atomic E-state index is 0.260. The molecule has 0 amide bonds. The quantitative estimate of drug-likeness (QED) is 0.831.